The molecule has 0 saturated carbocycles. The Kier molecular flexibility index (Phi) is 22.1. The fraction of sp³-hybridized carbons (Fsp3) is 0.724. The zero-order valence-corrected chi connectivity index (χ0v) is 28.7. The van der Waals surface area contributed by atoms with E-state index in [1.165, 1.54) is 6.92 Å². The number of carboxylic acid groups (broad SMARTS) is 1. The molecule has 0 saturated heterocycles. The highest BCUT2D eigenvalue weighted by atomic mass is 16.4. The van der Waals surface area contributed by atoms with E-state index in [0.29, 0.717) is 25.8 Å². The predicted molar refractivity (Wildman–Crippen MR) is 184 cm³/mol. The first-order chi connectivity index (χ1) is 23.0. The number of unbranched alkanes of at least 4 members (excludes halogenated alkanes) is 1. The Balaban J connectivity index is 5.87. The molecule has 280 valence electrons. The number of guanidine groups is 2. The van der Waals surface area contributed by atoms with Gasteiger partial charge < -0.3 is 66.1 Å². The summed E-state index contributed by atoms with van der Waals surface area (Å²) in [5, 5.41) is 22.3. The van der Waals surface area contributed by atoms with Crippen molar-refractivity contribution < 1.29 is 33.9 Å². The molecule has 5 amide bonds. The van der Waals surface area contributed by atoms with Crippen molar-refractivity contribution in [3.8, 4) is 0 Å². The molecule has 0 aliphatic heterocycles. The molecule has 0 spiro atoms. The normalized spacial score (nSPS) is 13.8. The van der Waals surface area contributed by atoms with Crippen molar-refractivity contribution in [2.75, 3.05) is 26.2 Å². The minimum atomic E-state index is -1.21. The second-order valence-electron chi connectivity index (χ2n) is 11.9. The van der Waals surface area contributed by atoms with Crippen molar-refractivity contribution in [1.82, 2.24) is 26.6 Å². The zero-order chi connectivity index (χ0) is 37.5. The third-order valence-corrected chi connectivity index (χ3v) is 7.01. The second-order valence-corrected chi connectivity index (χ2v) is 11.9. The van der Waals surface area contributed by atoms with Crippen LogP contribution in [-0.4, -0.2) is 109 Å². The number of nitrogens with zero attached hydrogens (tertiary/aromatic N) is 2. The van der Waals surface area contributed by atoms with Crippen LogP contribution in [0.25, 0.3) is 0 Å². The van der Waals surface area contributed by atoms with Crippen LogP contribution in [0.3, 0.4) is 0 Å². The van der Waals surface area contributed by atoms with Crippen LogP contribution in [0.1, 0.15) is 72.1 Å². The van der Waals surface area contributed by atoms with Gasteiger partial charge in [-0.2, -0.15) is 0 Å². The smallest absolute Gasteiger partial charge is 0.326 e. The van der Waals surface area contributed by atoms with Gasteiger partial charge in [0.05, 0.1) is 6.54 Å². The number of nitrogens with one attached hydrogen (secondary N) is 5. The lowest BCUT2D eigenvalue weighted by Gasteiger charge is -2.26. The van der Waals surface area contributed by atoms with Crippen LogP contribution in [-0.2, 0) is 28.8 Å². The van der Waals surface area contributed by atoms with Gasteiger partial charge in [-0.25, -0.2) is 4.79 Å². The van der Waals surface area contributed by atoms with Gasteiger partial charge in [-0.1, -0.05) is 13.8 Å². The summed E-state index contributed by atoms with van der Waals surface area (Å²) < 4.78 is 0. The maximum Gasteiger partial charge on any atom is 0.326 e. The van der Waals surface area contributed by atoms with Gasteiger partial charge in [0.1, 0.15) is 30.2 Å². The van der Waals surface area contributed by atoms with E-state index in [-0.39, 0.29) is 69.6 Å². The lowest BCUT2D eigenvalue weighted by Crippen LogP contribution is -2.58. The maximum atomic E-state index is 13.4. The van der Waals surface area contributed by atoms with Crippen molar-refractivity contribution in [3.63, 3.8) is 0 Å². The summed E-state index contributed by atoms with van der Waals surface area (Å²) in [6.45, 7) is 5.30. The molecular weight excluding hydrogens is 642 g/mol. The molecule has 0 aromatic carbocycles. The summed E-state index contributed by atoms with van der Waals surface area (Å²) >= 11 is 0. The first-order valence-corrected chi connectivity index (χ1v) is 16.3. The molecule has 0 radical (unpaired) electrons. The molecule has 20 heteroatoms. The Labute approximate surface area is 286 Å². The Bertz CT molecular complexity index is 1140. The molecule has 0 heterocycles. The van der Waals surface area contributed by atoms with Crippen LogP contribution < -0.4 is 61.0 Å². The number of carboxylic acids is 1. The van der Waals surface area contributed by atoms with Crippen molar-refractivity contribution in [1.29, 1.82) is 0 Å². The molecule has 0 bridgehead atoms. The molecule has 5 atom stereocenters. The number of hydrogen-bond acceptors (Lipinski definition) is 10. The summed E-state index contributed by atoms with van der Waals surface area (Å²) in [7, 11) is 0. The second kappa shape index (κ2) is 24.4. The monoisotopic (exact) mass is 699 g/mol. The Morgan fingerprint density at radius 3 is 1.45 bits per heavy atom. The number of amides is 5. The number of nitrogens with two attached hydrogens (primary N) is 6. The van der Waals surface area contributed by atoms with E-state index in [1.807, 2.05) is 13.8 Å². The van der Waals surface area contributed by atoms with Crippen molar-refractivity contribution >= 4 is 47.4 Å². The summed E-state index contributed by atoms with van der Waals surface area (Å²) in [5.74, 6) is -4.99. The molecule has 18 N–H and O–H groups in total. The van der Waals surface area contributed by atoms with Gasteiger partial charge in [0.25, 0.3) is 0 Å². The number of carbonyl (C=O) groups is 6. The molecule has 0 rings (SSSR count). The average molecular weight is 700 g/mol. The zero-order valence-electron chi connectivity index (χ0n) is 28.7. The van der Waals surface area contributed by atoms with Gasteiger partial charge in [-0.15, -0.1) is 0 Å². The quantitative estimate of drug-likeness (QED) is 0.0244. The lowest BCUT2D eigenvalue weighted by atomic mass is 10.0. The molecule has 0 unspecified atom stereocenters. The van der Waals surface area contributed by atoms with Crippen LogP contribution in [0.4, 0.5) is 0 Å². The molecule has 20 nitrogen and oxygen atoms in total. The third kappa shape index (κ3) is 20.3. The van der Waals surface area contributed by atoms with Crippen LogP contribution in [0.2, 0.25) is 0 Å². The van der Waals surface area contributed by atoms with Gasteiger partial charge in [-0.05, 0) is 70.8 Å². The third-order valence-electron chi connectivity index (χ3n) is 7.01. The van der Waals surface area contributed by atoms with E-state index < -0.39 is 65.7 Å². The molecule has 49 heavy (non-hydrogen) atoms. The molecule has 0 aliphatic carbocycles. The molecule has 0 fully saturated rings. The van der Waals surface area contributed by atoms with E-state index in [0.717, 1.165) is 0 Å². The van der Waals surface area contributed by atoms with Gasteiger partial charge in [-0.3, -0.25) is 34.0 Å². The maximum absolute atomic E-state index is 13.4. The first kappa shape index (κ1) is 44.3. The van der Waals surface area contributed by atoms with Gasteiger partial charge >= 0.3 is 5.97 Å². The Hall–Kier alpha value is -4.72. The number of aliphatic carboxylic acids is 1. The Morgan fingerprint density at radius 2 is 1.02 bits per heavy atom. The van der Waals surface area contributed by atoms with E-state index >= 15 is 0 Å². The highest BCUT2D eigenvalue weighted by Crippen LogP contribution is 2.08. The summed E-state index contributed by atoms with van der Waals surface area (Å²) in [4.78, 5) is 84.4. The fourth-order valence-electron chi connectivity index (χ4n) is 4.47. The highest BCUT2D eigenvalue weighted by Gasteiger charge is 2.31. The average Bonchev–Trinajstić information content (AvgIpc) is 3.02. The van der Waals surface area contributed by atoms with Crippen molar-refractivity contribution in [3.05, 3.63) is 0 Å². The van der Waals surface area contributed by atoms with Gasteiger partial charge in [0.2, 0.25) is 29.5 Å². The summed E-state index contributed by atoms with van der Waals surface area (Å²) in [5.41, 5.74) is 32.4. The van der Waals surface area contributed by atoms with Gasteiger partial charge in [0.15, 0.2) is 11.9 Å². The minimum Gasteiger partial charge on any atom is -0.480 e. The van der Waals surface area contributed by atoms with E-state index in [2.05, 4.69) is 36.6 Å². The molecule has 0 aromatic rings. The number of carbonyl (C=O) groups excluding carboxylic acids is 5. The minimum absolute atomic E-state index is 0.0216. The largest absolute Gasteiger partial charge is 0.480 e. The van der Waals surface area contributed by atoms with Crippen LogP contribution in [0, 0.1) is 5.92 Å². The fourth-order valence-corrected chi connectivity index (χ4v) is 4.47. The van der Waals surface area contributed by atoms with Crippen molar-refractivity contribution in [2.45, 2.75) is 102 Å². The highest BCUT2D eigenvalue weighted by molar-refractivity contribution is 5.96. The lowest BCUT2D eigenvalue weighted by molar-refractivity contribution is -0.142. The van der Waals surface area contributed by atoms with Crippen molar-refractivity contribution in [2.24, 2.45) is 50.3 Å². The molecule has 0 aliphatic rings. The van der Waals surface area contributed by atoms with Gasteiger partial charge in [0, 0.05) is 13.1 Å². The molecular formula is C29H57N13O7. The summed E-state index contributed by atoms with van der Waals surface area (Å²) in [6.07, 6.45) is 2.10. The predicted octanol–water partition coefficient (Wildman–Crippen LogP) is -4.24. The SMILES string of the molecule is CC(C)C[C@H](NC(=O)[C@H](CCCCN)NC(=O)[C@H](C)NC(=O)[C@H](CCCN=C(N)N)NC(=O)[C@H](CCCN=C(N)N)NC(=O)CN)C(=O)O. The van der Waals surface area contributed by atoms with Crippen LogP contribution in [0.5, 0.6) is 0 Å². The standard InChI is InChI=1S/C29H57N13O7/c1-16(2)14-21(27(48)49)42-26(47)19(8-4-5-11-30)40-23(44)17(3)38-24(45)20(10-7-13-37-29(34)35)41-25(46)18(39-22(43)15-31)9-6-12-36-28(32)33/h16-21H,4-15,30-31H2,1-3H3,(H,38,45)(H,39,43)(H,40,44)(H,41,46)(H,42,47)(H,48,49)(H4,32,33,36)(H4,34,35,37)/t17-,18-,19-,20-,21-/m0/s1. The van der Waals surface area contributed by atoms with E-state index in [9.17, 15) is 33.9 Å². The van der Waals surface area contributed by atoms with Crippen LogP contribution >= 0.6 is 0 Å². The molecule has 0 aromatic heterocycles. The van der Waals surface area contributed by atoms with Crippen LogP contribution in [0.15, 0.2) is 9.98 Å². The summed E-state index contributed by atoms with van der Waals surface area (Å²) in [6, 6.07) is -5.73. The van der Waals surface area contributed by atoms with E-state index in [4.69, 9.17) is 34.4 Å². The van der Waals surface area contributed by atoms with E-state index in [1.54, 1.807) is 0 Å². The Morgan fingerprint density at radius 1 is 0.592 bits per heavy atom. The number of rotatable bonds is 25. The number of hydrogen-bond donors (Lipinski definition) is 12. The topological polar surface area (TPSA) is 364 Å². The first-order valence-electron chi connectivity index (χ1n) is 16.3. The number of aliphatic imine (C=N–C) groups is 2.